The number of methoxy groups -OCH3 is 1. The lowest BCUT2D eigenvalue weighted by Gasteiger charge is -2.07. The molecule has 0 aliphatic carbocycles. The Hall–Kier alpha value is -1.31. The summed E-state index contributed by atoms with van der Waals surface area (Å²) < 4.78 is 5.11. The number of carbonyl (C=O) groups is 1. The van der Waals surface area contributed by atoms with Gasteiger partial charge in [0, 0.05) is 12.0 Å². The molecule has 0 aliphatic rings. The maximum Gasteiger partial charge on any atom is 0.162 e. The van der Waals surface area contributed by atoms with Crippen LogP contribution in [0.4, 0.5) is 0 Å². The standard InChI is InChI=1S/C12H16O2/c1-4-9-8-10(14-3)6-7-11(9)12(13)5-2/h6-8H,4-5H2,1-3H3. The molecule has 0 aromatic heterocycles. The quantitative estimate of drug-likeness (QED) is 0.686. The Morgan fingerprint density at radius 3 is 2.57 bits per heavy atom. The highest BCUT2D eigenvalue weighted by molar-refractivity contribution is 5.97. The predicted molar refractivity (Wildman–Crippen MR) is 57.0 cm³/mol. The molecule has 0 aliphatic heterocycles. The van der Waals surface area contributed by atoms with Crippen molar-refractivity contribution in [2.75, 3.05) is 7.11 Å². The monoisotopic (exact) mass is 192 g/mol. The molecule has 1 aromatic rings. The molecule has 0 N–H and O–H groups in total. The van der Waals surface area contributed by atoms with Crippen molar-refractivity contribution in [2.24, 2.45) is 0 Å². The van der Waals surface area contributed by atoms with Crippen molar-refractivity contribution in [1.29, 1.82) is 0 Å². The lowest BCUT2D eigenvalue weighted by molar-refractivity contribution is 0.0987. The maximum absolute atomic E-state index is 11.6. The zero-order valence-corrected chi connectivity index (χ0v) is 8.96. The molecule has 0 amide bonds. The number of aryl methyl sites for hydroxylation is 1. The first-order valence-electron chi connectivity index (χ1n) is 4.93. The first kappa shape index (κ1) is 10.8. The molecule has 0 unspecified atom stereocenters. The number of hydrogen-bond donors (Lipinski definition) is 0. The van der Waals surface area contributed by atoms with E-state index in [0.29, 0.717) is 6.42 Å². The van der Waals surface area contributed by atoms with Gasteiger partial charge in [-0.05, 0) is 30.2 Å². The van der Waals surface area contributed by atoms with Crippen LogP contribution in [0.1, 0.15) is 36.2 Å². The van der Waals surface area contributed by atoms with E-state index in [2.05, 4.69) is 0 Å². The molecule has 0 bridgehead atoms. The molecular formula is C12H16O2. The number of hydrogen-bond acceptors (Lipinski definition) is 2. The molecule has 0 saturated heterocycles. The van der Waals surface area contributed by atoms with Crippen LogP contribution in [0.2, 0.25) is 0 Å². The fourth-order valence-corrected chi connectivity index (χ4v) is 1.45. The van der Waals surface area contributed by atoms with E-state index in [1.165, 1.54) is 0 Å². The SMILES string of the molecule is CCC(=O)c1ccc(OC)cc1CC. The molecule has 1 rings (SSSR count). The number of ether oxygens (including phenoxy) is 1. The predicted octanol–water partition coefficient (Wildman–Crippen LogP) is 2.85. The van der Waals surface area contributed by atoms with Gasteiger partial charge in [-0.3, -0.25) is 4.79 Å². The zero-order chi connectivity index (χ0) is 10.6. The molecule has 1 aromatic carbocycles. The van der Waals surface area contributed by atoms with E-state index >= 15 is 0 Å². The van der Waals surface area contributed by atoms with Crippen molar-refractivity contribution < 1.29 is 9.53 Å². The Balaban J connectivity index is 3.11. The van der Waals surface area contributed by atoms with Gasteiger partial charge in [0.2, 0.25) is 0 Å². The summed E-state index contributed by atoms with van der Waals surface area (Å²) in [6.45, 7) is 3.92. The van der Waals surface area contributed by atoms with Gasteiger partial charge in [-0.15, -0.1) is 0 Å². The average molecular weight is 192 g/mol. The third-order valence-electron chi connectivity index (χ3n) is 2.31. The number of Topliss-reactive ketones (excluding diaryl/α,β-unsaturated/α-hetero) is 1. The van der Waals surface area contributed by atoms with Crippen LogP contribution in [0.5, 0.6) is 5.75 Å². The number of carbonyl (C=O) groups excluding carboxylic acids is 1. The van der Waals surface area contributed by atoms with Gasteiger partial charge in [0.05, 0.1) is 7.11 Å². The summed E-state index contributed by atoms with van der Waals surface area (Å²) in [7, 11) is 1.64. The summed E-state index contributed by atoms with van der Waals surface area (Å²) in [5, 5.41) is 0. The van der Waals surface area contributed by atoms with E-state index in [1.807, 2.05) is 32.0 Å². The second-order valence-corrected chi connectivity index (χ2v) is 3.15. The normalized spacial score (nSPS) is 9.93. The smallest absolute Gasteiger partial charge is 0.162 e. The van der Waals surface area contributed by atoms with Crippen molar-refractivity contribution in [3.63, 3.8) is 0 Å². The van der Waals surface area contributed by atoms with Crippen molar-refractivity contribution >= 4 is 5.78 Å². The van der Waals surface area contributed by atoms with Gasteiger partial charge in [-0.25, -0.2) is 0 Å². The summed E-state index contributed by atoms with van der Waals surface area (Å²) in [4.78, 5) is 11.6. The van der Waals surface area contributed by atoms with Gasteiger partial charge in [-0.1, -0.05) is 13.8 Å². The number of rotatable bonds is 4. The van der Waals surface area contributed by atoms with Gasteiger partial charge < -0.3 is 4.74 Å². The maximum atomic E-state index is 11.6. The van der Waals surface area contributed by atoms with Crippen LogP contribution in [0.25, 0.3) is 0 Å². The molecule has 76 valence electrons. The Kier molecular flexibility index (Phi) is 3.69. The van der Waals surface area contributed by atoms with Crippen LogP contribution in [0.15, 0.2) is 18.2 Å². The summed E-state index contributed by atoms with van der Waals surface area (Å²) in [5.74, 6) is 1.01. The van der Waals surface area contributed by atoms with Crippen molar-refractivity contribution in [3.05, 3.63) is 29.3 Å². The van der Waals surface area contributed by atoms with Crippen molar-refractivity contribution in [3.8, 4) is 5.75 Å². The van der Waals surface area contributed by atoms with Gasteiger partial charge in [0.15, 0.2) is 5.78 Å². The Bertz CT molecular complexity index is 329. The van der Waals surface area contributed by atoms with E-state index in [-0.39, 0.29) is 5.78 Å². The van der Waals surface area contributed by atoms with E-state index in [0.717, 1.165) is 23.3 Å². The Labute approximate surface area is 84.9 Å². The first-order valence-corrected chi connectivity index (χ1v) is 4.93. The molecular weight excluding hydrogens is 176 g/mol. The van der Waals surface area contributed by atoms with Crippen LogP contribution < -0.4 is 4.74 Å². The minimum atomic E-state index is 0.199. The molecule has 0 saturated carbocycles. The fraction of sp³-hybridized carbons (Fsp3) is 0.417. The lowest BCUT2D eigenvalue weighted by atomic mass is 10.00. The highest BCUT2D eigenvalue weighted by atomic mass is 16.5. The summed E-state index contributed by atoms with van der Waals surface area (Å²) in [6.07, 6.45) is 1.41. The molecule has 0 fully saturated rings. The van der Waals surface area contributed by atoms with Gasteiger partial charge in [-0.2, -0.15) is 0 Å². The second-order valence-electron chi connectivity index (χ2n) is 3.15. The van der Waals surface area contributed by atoms with E-state index in [4.69, 9.17) is 4.74 Å². The summed E-state index contributed by atoms with van der Waals surface area (Å²) in [6, 6.07) is 5.62. The zero-order valence-electron chi connectivity index (χ0n) is 8.96. The molecule has 2 nitrogen and oxygen atoms in total. The summed E-state index contributed by atoms with van der Waals surface area (Å²) >= 11 is 0. The third-order valence-corrected chi connectivity index (χ3v) is 2.31. The van der Waals surface area contributed by atoms with Crippen molar-refractivity contribution in [2.45, 2.75) is 26.7 Å². The van der Waals surface area contributed by atoms with Crippen LogP contribution in [0.3, 0.4) is 0 Å². The van der Waals surface area contributed by atoms with Crippen LogP contribution >= 0.6 is 0 Å². The molecule has 2 heteroatoms. The topological polar surface area (TPSA) is 26.3 Å². The van der Waals surface area contributed by atoms with E-state index in [1.54, 1.807) is 7.11 Å². The minimum Gasteiger partial charge on any atom is -0.497 e. The molecule has 0 radical (unpaired) electrons. The third kappa shape index (κ3) is 2.13. The average Bonchev–Trinajstić information content (AvgIpc) is 2.27. The van der Waals surface area contributed by atoms with Crippen LogP contribution in [0, 0.1) is 0 Å². The van der Waals surface area contributed by atoms with Crippen LogP contribution in [-0.4, -0.2) is 12.9 Å². The molecule has 0 atom stereocenters. The summed E-state index contributed by atoms with van der Waals surface area (Å²) in [5.41, 5.74) is 1.90. The highest BCUT2D eigenvalue weighted by Crippen LogP contribution is 2.19. The second kappa shape index (κ2) is 4.80. The van der Waals surface area contributed by atoms with Gasteiger partial charge in [0.1, 0.15) is 5.75 Å². The minimum absolute atomic E-state index is 0.199. The van der Waals surface area contributed by atoms with E-state index in [9.17, 15) is 4.79 Å². The van der Waals surface area contributed by atoms with E-state index < -0.39 is 0 Å². The van der Waals surface area contributed by atoms with Gasteiger partial charge >= 0.3 is 0 Å². The first-order chi connectivity index (χ1) is 6.72. The van der Waals surface area contributed by atoms with Crippen LogP contribution in [-0.2, 0) is 6.42 Å². The highest BCUT2D eigenvalue weighted by Gasteiger charge is 2.08. The Morgan fingerprint density at radius 2 is 2.07 bits per heavy atom. The fourth-order valence-electron chi connectivity index (χ4n) is 1.45. The number of benzene rings is 1. The molecule has 0 heterocycles. The largest absolute Gasteiger partial charge is 0.497 e. The lowest BCUT2D eigenvalue weighted by Crippen LogP contribution is -2.02. The molecule has 0 spiro atoms. The van der Waals surface area contributed by atoms with Gasteiger partial charge in [0.25, 0.3) is 0 Å². The molecule has 14 heavy (non-hydrogen) atoms. The Morgan fingerprint density at radius 1 is 1.36 bits per heavy atom. The number of ketones is 1. The van der Waals surface area contributed by atoms with Crippen molar-refractivity contribution in [1.82, 2.24) is 0 Å².